The van der Waals surface area contributed by atoms with Crippen molar-refractivity contribution in [2.24, 2.45) is 0 Å². The van der Waals surface area contributed by atoms with Crippen LogP contribution >= 0.6 is 0 Å². The number of aryl methyl sites for hydroxylation is 1. The van der Waals surface area contributed by atoms with Gasteiger partial charge in [-0.15, -0.1) is 10.2 Å². The van der Waals surface area contributed by atoms with Crippen LogP contribution in [0.15, 0.2) is 24.3 Å². The summed E-state index contributed by atoms with van der Waals surface area (Å²) in [6, 6.07) is 7.91. The fourth-order valence-electron chi connectivity index (χ4n) is 2.67. The van der Waals surface area contributed by atoms with Crippen molar-refractivity contribution in [1.82, 2.24) is 20.1 Å². The van der Waals surface area contributed by atoms with E-state index in [4.69, 9.17) is 0 Å². The van der Waals surface area contributed by atoms with Crippen LogP contribution in [0.3, 0.4) is 0 Å². The normalized spacial score (nSPS) is 16.8. The summed E-state index contributed by atoms with van der Waals surface area (Å²) < 4.78 is 0. The highest BCUT2D eigenvalue weighted by Crippen LogP contribution is 2.10. The SMILES string of the molecule is c1ccc2nc(CCCN3CCCCC3)nnc2c1. The molecule has 19 heavy (non-hydrogen) atoms. The first-order valence-electron chi connectivity index (χ1n) is 7.22. The van der Waals surface area contributed by atoms with Gasteiger partial charge in [-0.25, -0.2) is 4.98 Å². The number of hydrogen-bond donors (Lipinski definition) is 0. The van der Waals surface area contributed by atoms with E-state index in [9.17, 15) is 0 Å². The minimum atomic E-state index is 0.871. The third-order valence-corrected chi connectivity index (χ3v) is 3.73. The molecule has 1 fully saturated rings. The van der Waals surface area contributed by atoms with E-state index in [1.807, 2.05) is 24.3 Å². The zero-order valence-electron chi connectivity index (χ0n) is 11.3. The van der Waals surface area contributed by atoms with Crippen molar-refractivity contribution < 1.29 is 0 Å². The summed E-state index contributed by atoms with van der Waals surface area (Å²) in [7, 11) is 0. The molecule has 4 heteroatoms. The quantitative estimate of drug-likeness (QED) is 0.842. The van der Waals surface area contributed by atoms with Gasteiger partial charge < -0.3 is 4.90 Å². The Morgan fingerprint density at radius 1 is 0.947 bits per heavy atom. The number of benzene rings is 1. The first-order valence-corrected chi connectivity index (χ1v) is 7.22. The summed E-state index contributed by atoms with van der Waals surface area (Å²) in [5, 5.41) is 8.43. The summed E-state index contributed by atoms with van der Waals surface area (Å²) >= 11 is 0. The smallest absolute Gasteiger partial charge is 0.151 e. The van der Waals surface area contributed by atoms with Crippen LogP contribution in [0, 0.1) is 0 Å². The molecule has 0 atom stereocenters. The first kappa shape index (κ1) is 12.5. The fraction of sp³-hybridized carbons (Fsp3) is 0.533. The summed E-state index contributed by atoms with van der Waals surface area (Å²) in [6.07, 6.45) is 6.16. The number of rotatable bonds is 4. The molecule has 0 spiro atoms. The third-order valence-electron chi connectivity index (χ3n) is 3.73. The number of hydrogen-bond acceptors (Lipinski definition) is 4. The highest BCUT2D eigenvalue weighted by Gasteiger charge is 2.09. The predicted octanol–water partition coefficient (Wildman–Crippen LogP) is 2.44. The van der Waals surface area contributed by atoms with Crippen molar-refractivity contribution >= 4 is 11.0 Å². The Morgan fingerprint density at radius 3 is 2.58 bits per heavy atom. The Hall–Kier alpha value is -1.55. The lowest BCUT2D eigenvalue weighted by atomic mass is 10.1. The maximum Gasteiger partial charge on any atom is 0.151 e. The lowest BCUT2D eigenvalue weighted by Crippen LogP contribution is -2.30. The maximum atomic E-state index is 4.57. The molecular weight excluding hydrogens is 236 g/mol. The van der Waals surface area contributed by atoms with Crippen LogP contribution in [-0.2, 0) is 6.42 Å². The van der Waals surface area contributed by atoms with E-state index < -0.39 is 0 Å². The van der Waals surface area contributed by atoms with Crippen LogP contribution in [0.2, 0.25) is 0 Å². The number of aromatic nitrogens is 3. The van der Waals surface area contributed by atoms with Gasteiger partial charge in [-0.3, -0.25) is 0 Å². The molecule has 0 N–H and O–H groups in total. The second-order valence-electron chi connectivity index (χ2n) is 5.22. The van der Waals surface area contributed by atoms with Gasteiger partial charge in [0.25, 0.3) is 0 Å². The van der Waals surface area contributed by atoms with E-state index in [0.29, 0.717) is 0 Å². The van der Waals surface area contributed by atoms with Crippen LogP contribution in [0.5, 0.6) is 0 Å². The van der Waals surface area contributed by atoms with E-state index in [0.717, 1.165) is 36.2 Å². The van der Waals surface area contributed by atoms with Crippen molar-refractivity contribution in [2.75, 3.05) is 19.6 Å². The summed E-state index contributed by atoms with van der Waals surface area (Å²) in [5.74, 6) is 0.871. The molecule has 3 rings (SSSR count). The van der Waals surface area contributed by atoms with E-state index in [2.05, 4.69) is 20.1 Å². The zero-order chi connectivity index (χ0) is 12.9. The average Bonchev–Trinajstić information content (AvgIpc) is 2.48. The molecule has 1 saturated heterocycles. The lowest BCUT2D eigenvalue weighted by molar-refractivity contribution is 0.226. The van der Waals surface area contributed by atoms with Gasteiger partial charge in [-0.2, -0.15) is 0 Å². The van der Waals surface area contributed by atoms with Gasteiger partial charge in [0, 0.05) is 6.42 Å². The molecule has 1 aromatic heterocycles. The number of likely N-dealkylation sites (tertiary alicyclic amines) is 1. The van der Waals surface area contributed by atoms with Gasteiger partial charge in [-0.1, -0.05) is 18.6 Å². The molecule has 1 aliphatic heterocycles. The number of piperidine rings is 1. The Bertz CT molecular complexity index is 534. The van der Waals surface area contributed by atoms with E-state index in [1.165, 1.54) is 32.4 Å². The van der Waals surface area contributed by atoms with Crippen molar-refractivity contribution in [3.05, 3.63) is 30.1 Å². The Labute approximate surface area is 113 Å². The van der Waals surface area contributed by atoms with Crippen LogP contribution in [0.1, 0.15) is 31.5 Å². The molecule has 1 aliphatic rings. The second kappa shape index (κ2) is 6.06. The number of fused-ring (bicyclic) bond motifs is 1. The van der Waals surface area contributed by atoms with Gasteiger partial charge in [0.15, 0.2) is 5.82 Å². The number of nitrogens with zero attached hydrogens (tertiary/aromatic N) is 4. The highest BCUT2D eigenvalue weighted by atomic mass is 15.2. The monoisotopic (exact) mass is 256 g/mol. The van der Waals surface area contributed by atoms with E-state index >= 15 is 0 Å². The van der Waals surface area contributed by atoms with Gasteiger partial charge in [0.1, 0.15) is 5.52 Å². The molecule has 0 unspecified atom stereocenters. The molecule has 2 aromatic rings. The van der Waals surface area contributed by atoms with Crippen molar-refractivity contribution in [3.8, 4) is 0 Å². The fourth-order valence-corrected chi connectivity index (χ4v) is 2.67. The molecule has 0 amide bonds. The molecule has 2 heterocycles. The predicted molar refractivity (Wildman–Crippen MR) is 75.9 cm³/mol. The molecule has 100 valence electrons. The molecule has 4 nitrogen and oxygen atoms in total. The van der Waals surface area contributed by atoms with Crippen LogP contribution in [-0.4, -0.2) is 39.7 Å². The summed E-state index contributed by atoms with van der Waals surface area (Å²) in [4.78, 5) is 7.12. The molecule has 0 saturated carbocycles. The van der Waals surface area contributed by atoms with Crippen molar-refractivity contribution in [1.29, 1.82) is 0 Å². The summed E-state index contributed by atoms with van der Waals surface area (Å²) in [6.45, 7) is 3.68. The zero-order valence-corrected chi connectivity index (χ0v) is 11.3. The van der Waals surface area contributed by atoms with E-state index in [-0.39, 0.29) is 0 Å². The minimum absolute atomic E-state index is 0.871. The van der Waals surface area contributed by atoms with Crippen LogP contribution in [0.4, 0.5) is 0 Å². The van der Waals surface area contributed by atoms with Crippen molar-refractivity contribution in [2.45, 2.75) is 32.1 Å². The first-order chi connectivity index (χ1) is 9.42. The standard InChI is InChI=1S/C15H20N4/c1-4-10-19(11-5-1)12-6-9-15-16-13-7-2-3-8-14(13)17-18-15/h2-3,7-8H,1,4-6,9-12H2. The molecule has 1 aromatic carbocycles. The Kier molecular flexibility index (Phi) is 3.98. The van der Waals surface area contributed by atoms with Gasteiger partial charge >= 0.3 is 0 Å². The Morgan fingerprint density at radius 2 is 1.74 bits per heavy atom. The minimum Gasteiger partial charge on any atom is -0.303 e. The number of para-hydroxylation sites is 1. The van der Waals surface area contributed by atoms with Crippen LogP contribution in [0.25, 0.3) is 11.0 Å². The summed E-state index contributed by atoms with van der Waals surface area (Å²) in [5.41, 5.74) is 1.83. The molecular formula is C15H20N4. The largest absolute Gasteiger partial charge is 0.303 e. The maximum absolute atomic E-state index is 4.57. The van der Waals surface area contributed by atoms with Gasteiger partial charge in [0.05, 0.1) is 5.52 Å². The molecule has 0 radical (unpaired) electrons. The highest BCUT2D eigenvalue weighted by molar-refractivity contribution is 5.72. The lowest BCUT2D eigenvalue weighted by Gasteiger charge is -2.26. The van der Waals surface area contributed by atoms with E-state index in [1.54, 1.807) is 0 Å². The van der Waals surface area contributed by atoms with Gasteiger partial charge in [0.2, 0.25) is 0 Å². The topological polar surface area (TPSA) is 41.9 Å². The Balaban J connectivity index is 1.56. The van der Waals surface area contributed by atoms with Gasteiger partial charge in [-0.05, 0) is 51.0 Å². The second-order valence-corrected chi connectivity index (χ2v) is 5.22. The van der Waals surface area contributed by atoms with Crippen molar-refractivity contribution in [3.63, 3.8) is 0 Å². The average molecular weight is 256 g/mol. The third kappa shape index (κ3) is 3.26. The van der Waals surface area contributed by atoms with Crippen LogP contribution < -0.4 is 0 Å². The molecule has 0 aliphatic carbocycles. The molecule has 0 bridgehead atoms.